The average Bonchev–Trinajstić information content (AvgIpc) is 2.32. The van der Waals surface area contributed by atoms with E-state index in [1.807, 2.05) is 38.4 Å². The molecule has 0 spiro atoms. The molecule has 94 valence electrons. The molecule has 0 aromatic heterocycles. The van der Waals surface area contributed by atoms with Crippen molar-refractivity contribution in [3.8, 4) is 0 Å². The Morgan fingerprint density at radius 3 is 2.76 bits per heavy atom. The minimum atomic E-state index is 0.191. The van der Waals surface area contributed by atoms with E-state index in [2.05, 4.69) is 21.2 Å². The van der Waals surface area contributed by atoms with Gasteiger partial charge in [-0.3, -0.25) is 4.79 Å². The van der Waals surface area contributed by atoms with Crippen LogP contribution in [0, 0.1) is 0 Å². The maximum Gasteiger partial charge on any atom is 0.222 e. The zero-order chi connectivity index (χ0) is 12.7. The van der Waals surface area contributed by atoms with E-state index >= 15 is 0 Å². The Morgan fingerprint density at radius 1 is 1.41 bits per heavy atom. The minimum Gasteiger partial charge on any atom is -0.341 e. The molecule has 3 nitrogen and oxygen atoms in total. The zero-order valence-corrected chi connectivity index (χ0v) is 12.0. The number of nitrogens with zero attached hydrogens (tertiary/aromatic N) is 1. The van der Waals surface area contributed by atoms with E-state index in [0.717, 1.165) is 23.0 Å². The number of nitrogens with one attached hydrogen (secondary N) is 1. The molecule has 0 saturated heterocycles. The molecule has 0 bridgehead atoms. The van der Waals surface area contributed by atoms with Gasteiger partial charge in [-0.15, -0.1) is 0 Å². The van der Waals surface area contributed by atoms with Gasteiger partial charge in [0, 0.05) is 24.5 Å². The van der Waals surface area contributed by atoms with Crippen LogP contribution >= 0.6 is 15.9 Å². The van der Waals surface area contributed by atoms with Crippen LogP contribution in [-0.4, -0.2) is 31.4 Å². The lowest BCUT2D eigenvalue weighted by molar-refractivity contribution is -0.130. The van der Waals surface area contributed by atoms with Crippen LogP contribution in [0.15, 0.2) is 28.7 Å². The van der Waals surface area contributed by atoms with Crippen LogP contribution in [0.2, 0.25) is 0 Å². The molecule has 1 aromatic carbocycles. The summed E-state index contributed by atoms with van der Waals surface area (Å²) in [5, 5.41) is 3.04. The molecular formula is C13H19BrN2O. The van der Waals surface area contributed by atoms with Gasteiger partial charge in [0.2, 0.25) is 5.91 Å². The van der Waals surface area contributed by atoms with E-state index < -0.39 is 0 Å². The van der Waals surface area contributed by atoms with E-state index in [0.29, 0.717) is 13.0 Å². The van der Waals surface area contributed by atoms with Crippen molar-refractivity contribution in [3.63, 3.8) is 0 Å². The first kappa shape index (κ1) is 14.2. The number of carbonyl (C=O) groups is 1. The van der Waals surface area contributed by atoms with Gasteiger partial charge in [0.15, 0.2) is 0 Å². The lowest BCUT2D eigenvalue weighted by Gasteiger charge is -2.18. The summed E-state index contributed by atoms with van der Waals surface area (Å²) < 4.78 is 1.05. The van der Waals surface area contributed by atoms with Crippen LogP contribution < -0.4 is 5.32 Å². The van der Waals surface area contributed by atoms with E-state index in [-0.39, 0.29) is 5.91 Å². The zero-order valence-electron chi connectivity index (χ0n) is 10.4. The Kier molecular flexibility index (Phi) is 6.22. The first-order valence-electron chi connectivity index (χ1n) is 5.77. The monoisotopic (exact) mass is 298 g/mol. The second-order valence-electron chi connectivity index (χ2n) is 4.05. The number of carbonyl (C=O) groups excluding carboxylic acids is 1. The summed E-state index contributed by atoms with van der Waals surface area (Å²) in [6.07, 6.45) is 1.48. The molecule has 0 heterocycles. The smallest absolute Gasteiger partial charge is 0.222 e. The number of halogens is 1. The average molecular weight is 299 g/mol. The van der Waals surface area contributed by atoms with Crippen LogP contribution in [0.3, 0.4) is 0 Å². The molecule has 0 unspecified atom stereocenters. The third kappa shape index (κ3) is 4.88. The Morgan fingerprint density at radius 2 is 2.12 bits per heavy atom. The molecule has 1 rings (SSSR count). The molecule has 17 heavy (non-hydrogen) atoms. The Labute approximate surface area is 111 Å². The van der Waals surface area contributed by atoms with Gasteiger partial charge in [0.05, 0.1) is 0 Å². The first-order valence-corrected chi connectivity index (χ1v) is 6.56. The van der Waals surface area contributed by atoms with E-state index in [1.54, 1.807) is 4.90 Å². The molecule has 0 aliphatic carbocycles. The van der Waals surface area contributed by atoms with Crippen LogP contribution in [0.1, 0.15) is 18.4 Å². The Bertz CT molecular complexity index is 368. The van der Waals surface area contributed by atoms with Crippen molar-refractivity contribution in [1.29, 1.82) is 0 Å². The molecule has 0 aliphatic heterocycles. The van der Waals surface area contributed by atoms with E-state index in [4.69, 9.17) is 0 Å². The predicted molar refractivity (Wildman–Crippen MR) is 73.8 cm³/mol. The molecule has 4 heteroatoms. The lowest BCUT2D eigenvalue weighted by atomic mass is 10.2. The van der Waals surface area contributed by atoms with Crippen molar-refractivity contribution in [2.45, 2.75) is 19.4 Å². The number of rotatable bonds is 6. The second-order valence-corrected chi connectivity index (χ2v) is 4.90. The number of amides is 1. The normalized spacial score (nSPS) is 10.3. The highest BCUT2D eigenvalue weighted by atomic mass is 79.9. The summed E-state index contributed by atoms with van der Waals surface area (Å²) in [6.45, 7) is 1.54. The summed E-state index contributed by atoms with van der Waals surface area (Å²) in [4.78, 5) is 13.6. The van der Waals surface area contributed by atoms with Gasteiger partial charge in [0.25, 0.3) is 0 Å². The number of hydrogen-bond donors (Lipinski definition) is 1. The highest BCUT2D eigenvalue weighted by Gasteiger charge is 2.09. The fourth-order valence-corrected chi connectivity index (χ4v) is 1.99. The van der Waals surface area contributed by atoms with Gasteiger partial charge in [-0.25, -0.2) is 0 Å². The van der Waals surface area contributed by atoms with Gasteiger partial charge in [0.1, 0.15) is 0 Å². The van der Waals surface area contributed by atoms with Gasteiger partial charge in [-0.05, 0) is 31.6 Å². The molecule has 0 saturated carbocycles. The van der Waals surface area contributed by atoms with Crippen molar-refractivity contribution in [2.24, 2.45) is 0 Å². The maximum absolute atomic E-state index is 11.8. The molecule has 0 fully saturated rings. The summed E-state index contributed by atoms with van der Waals surface area (Å²) in [7, 11) is 3.75. The summed E-state index contributed by atoms with van der Waals surface area (Å²) in [5.74, 6) is 0.191. The van der Waals surface area contributed by atoms with Crippen LogP contribution in [-0.2, 0) is 11.3 Å². The summed E-state index contributed by atoms with van der Waals surface area (Å²) in [5.41, 5.74) is 1.14. The fourth-order valence-electron chi connectivity index (χ4n) is 1.58. The standard InChI is InChI=1S/C13H19BrN2O/c1-15-9-5-8-13(17)16(2)10-11-6-3-4-7-12(11)14/h3-4,6-7,15H,5,8-10H2,1-2H3. The maximum atomic E-state index is 11.8. The molecule has 1 N–H and O–H groups in total. The van der Waals surface area contributed by atoms with Gasteiger partial charge in [-0.1, -0.05) is 34.1 Å². The van der Waals surface area contributed by atoms with E-state index in [9.17, 15) is 4.79 Å². The molecule has 0 atom stereocenters. The predicted octanol–water partition coefficient (Wildman–Crippen LogP) is 2.41. The largest absolute Gasteiger partial charge is 0.341 e. The van der Waals surface area contributed by atoms with Crippen molar-refractivity contribution in [2.75, 3.05) is 20.6 Å². The molecule has 0 aliphatic rings. The second kappa shape index (κ2) is 7.45. The van der Waals surface area contributed by atoms with Crippen molar-refractivity contribution >= 4 is 21.8 Å². The van der Waals surface area contributed by atoms with Crippen LogP contribution in [0.4, 0.5) is 0 Å². The third-order valence-electron chi connectivity index (χ3n) is 2.61. The summed E-state index contributed by atoms with van der Waals surface area (Å²) in [6, 6.07) is 7.98. The first-order chi connectivity index (χ1) is 8.15. The topological polar surface area (TPSA) is 32.3 Å². The van der Waals surface area contributed by atoms with Gasteiger partial charge in [-0.2, -0.15) is 0 Å². The lowest BCUT2D eigenvalue weighted by Crippen LogP contribution is -2.26. The third-order valence-corrected chi connectivity index (χ3v) is 3.38. The van der Waals surface area contributed by atoms with Crippen LogP contribution in [0.5, 0.6) is 0 Å². The molecular weight excluding hydrogens is 280 g/mol. The van der Waals surface area contributed by atoms with Gasteiger partial charge >= 0.3 is 0 Å². The highest BCUT2D eigenvalue weighted by molar-refractivity contribution is 9.10. The van der Waals surface area contributed by atoms with E-state index in [1.165, 1.54) is 0 Å². The molecule has 1 amide bonds. The molecule has 1 aromatic rings. The Balaban J connectivity index is 2.46. The molecule has 0 radical (unpaired) electrons. The van der Waals surface area contributed by atoms with Crippen LogP contribution in [0.25, 0.3) is 0 Å². The SMILES string of the molecule is CNCCCC(=O)N(C)Cc1ccccc1Br. The fraction of sp³-hybridized carbons (Fsp3) is 0.462. The quantitative estimate of drug-likeness (QED) is 0.818. The number of hydrogen-bond acceptors (Lipinski definition) is 2. The van der Waals surface area contributed by atoms with Crippen molar-refractivity contribution < 1.29 is 4.79 Å². The highest BCUT2D eigenvalue weighted by Crippen LogP contribution is 2.17. The Hall–Kier alpha value is -0.870. The summed E-state index contributed by atoms with van der Waals surface area (Å²) >= 11 is 3.49. The van der Waals surface area contributed by atoms with Crippen molar-refractivity contribution in [1.82, 2.24) is 10.2 Å². The number of benzene rings is 1. The minimum absolute atomic E-state index is 0.191. The van der Waals surface area contributed by atoms with Crippen molar-refractivity contribution in [3.05, 3.63) is 34.3 Å². The van der Waals surface area contributed by atoms with Gasteiger partial charge < -0.3 is 10.2 Å².